The molecule has 3 heteroatoms. The van der Waals surface area contributed by atoms with Crippen LogP contribution in [-0.2, 0) is 0 Å². The van der Waals surface area contributed by atoms with Crippen molar-refractivity contribution >= 4 is 12.4 Å². The molecule has 0 radical (unpaired) electrons. The summed E-state index contributed by atoms with van der Waals surface area (Å²) >= 11 is 0. The van der Waals surface area contributed by atoms with Crippen LogP contribution in [0, 0.1) is 0 Å². The van der Waals surface area contributed by atoms with E-state index in [1.54, 1.807) is 6.08 Å². The van der Waals surface area contributed by atoms with Crippen LogP contribution in [0.2, 0.25) is 0 Å². The lowest BCUT2D eigenvalue weighted by Crippen LogP contribution is -2.27. The lowest BCUT2D eigenvalue weighted by Gasteiger charge is -2.13. The van der Waals surface area contributed by atoms with Crippen LogP contribution in [0.1, 0.15) is 6.42 Å². The van der Waals surface area contributed by atoms with Crippen LogP contribution < -0.4 is 5.32 Å². The Morgan fingerprint density at radius 3 is 2.56 bits per heavy atom. The molecular formula is C6H12ClNO. The number of β-amino-alcohol motifs (C(OH)–C–C–N with tert-alkyl or cyclic N) is 1. The van der Waals surface area contributed by atoms with Gasteiger partial charge in [-0.05, 0) is 13.0 Å². The van der Waals surface area contributed by atoms with Crippen LogP contribution in [-0.4, -0.2) is 23.8 Å². The largest absolute Gasteiger partial charge is 0.384 e. The van der Waals surface area contributed by atoms with E-state index in [1.807, 2.05) is 0 Å². The van der Waals surface area contributed by atoms with Gasteiger partial charge < -0.3 is 10.4 Å². The fourth-order valence-electron chi connectivity index (χ4n) is 0.872. The zero-order valence-corrected chi connectivity index (χ0v) is 6.08. The summed E-state index contributed by atoms with van der Waals surface area (Å²) in [5, 5.41) is 12.4. The van der Waals surface area contributed by atoms with Gasteiger partial charge in [-0.15, -0.1) is 19.0 Å². The van der Waals surface area contributed by atoms with E-state index < -0.39 is 5.60 Å². The molecule has 1 fully saturated rings. The Balaban J connectivity index is 0.000000640. The van der Waals surface area contributed by atoms with Gasteiger partial charge in [0.2, 0.25) is 0 Å². The highest BCUT2D eigenvalue weighted by Crippen LogP contribution is 2.13. The van der Waals surface area contributed by atoms with E-state index in [1.165, 1.54) is 0 Å². The van der Waals surface area contributed by atoms with E-state index in [4.69, 9.17) is 0 Å². The van der Waals surface area contributed by atoms with Gasteiger partial charge in [0, 0.05) is 6.54 Å². The molecule has 0 bridgehead atoms. The Labute approximate surface area is 61.4 Å². The molecule has 1 aliphatic rings. The molecule has 1 atom stereocenters. The molecule has 0 aliphatic carbocycles. The van der Waals surface area contributed by atoms with Gasteiger partial charge in [0.05, 0.1) is 5.60 Å². The molecular weight excluding hydrogens is 138 g/mol. The monoisotopic (exact) mass is 149 g/mol. The summed E-state index contributed by atoms with van der Waals surface area (Å²) < 4.78 is 0. The van der Waals surface area contributed by atoms with Crippen molar-refractivity contribution in [2.45, 2.75) is 12.0 Å². The van der Waals surface area contributed by atoms with Crippen LogP contribution in [0.5, 0.6) is 0 Å². The molecule has 0 spiro atoms. The van der Waals surface area contributed by atoms with E-state index in [0.29, 0.717) is 6.54 Å². The molecule has 0 aromatic rings. The molecule has 2 nitrogen and oxygen atoms in total. The van der Waals surface area contributed by atoms with Gasteiger partial charge in [0.1, 0.15) is 0 Å². The van der Waals surface area contributed by atoms with Crippen molar-refractivity contribution in [1.82, 2.24) is 5.32 Å². The maximum absolute atomic E-state index is 9.32. The summed E-state index contributed by atoms with van der Waals surface area (Å²) in [6.45, 7) is 5.09. The third kappa shape index (κ3) is 1.97. The van der Waals surface area contributed by atoms with Crippen molar-refractivity contribution in [1.29, 1.82) is 0 Å². The summed E-state index contributed by atoms with van der Waals surface area (Å²) in [6.07, 6.45) is 2.41. The summed E-state index contributed by atoms with van der Waals surface area (Å²) in [5.41, 5.74) is -0.611. The van der Waals surface area contributed by atoms with Gasteiger partial charge in [-0.25, -0.2) is 0 Å². The Morgan fingerprint density at radius 2 is 2.33 bits per heavy atom. The summed E-state index contributed by atoms with van der Waals surface area (Å²) in [7, 11) is 0. The van der Waals surface area contributed by atoms with Crippen LogP contribution in [0.3, 0.4) is 0 Å². The third-order valence-electron chi connectivity index (χ3n) is 1.55. The maximum atomic E-state index is 9.32. The van der Waals surface area contributed by atoms with Crippen LogP contribution in [0.25, 0.3) is 0 Å². The number of hydrogen-bond donors (Lipinski definition) is 2. The lowest BCUT2D eigenvalue weighted by molar-refractivity contribution is 0.114. The molecule has 0 aromatic carbocycles. The predicted molar refractivity (Wildman–Crippen MR) is 39.9 cm³/mol. The van der Waals surface area contributed by atoms with Crippen LogP contribution in [0.15, 0.2) is 12.7 Å². The fourth-order valence-corrected chi connectivity index (χ4v) is 0.872. The first kappa shape index (κ1) is 8.95. The predicted octanol–water partition coefficient (Wildman–Crippen LogP) is 0.319. The van der Waals surface area contributed by atoms with Crippen molar-refractivity contribution in [3.63, 3.8) is 0 Å². The minimum Gasteiger partial charge on any atom is -0.384 e. The second-order valence-corrected chi connectivity index (χ2v) is 2.23. The highest BCUT2D eigenvalue weighted by molar-refractivity contribution is 5.85. The highest BCUT2D eigenvalue weighted by Gasteiger charge is 2.26. The molecule has 1 unspecified atom stereocenters. The zero-order valence-electron chi connectivity index (χ0n) is 5.26. The SMILES string of the molecule is C=CC1(O)CCNC1.Cl. The Morgan fingerprint density at radius 1 is 1.67 bits per heavy atom. The van der Waals surface area contributed by atoms with Gasteiger partial charge in [-0.1, -0.05) is 6.08 Å². The van der Waals surface area contributed by atoms with Gasteiger partial charge in [0.25, 0.3) is 0 Å². The number of hydrogen-bond acceptors (Lipinski definition) is 2. The van der Waals surface area contributed by atoms with Gasteiger partial charge in [0.15, 0.2) is 0 Å². The number of nitrogens with one attached hydrogen (secondary N) is 1. The van der Waals surface area contributed by atoms with E-state index in [9.17, 15) is 5.11 Å². The summed E-state index contributed by atoms with van der Waals surface area (Å²) in [4.78, 5) is 0. The average Bonchev–Trinajstić information content (AvgIpc) is 2.17. The second-order valence-electron chi connectivity index (χ2n) is 2.23. The topological polar surface area (TPSA) is 32.3 Å². The van der Waals surface area contributed by atoms with E-state index in [-0.39, 0.29) is 12.4 Å². The minimum absolute atomic E-state index is 0. The average molecular weight is 150 g/mol. The molecule has 0 amide bonds. The van der Waals surface area contributed by atoms with Gasteiger partial charge in [-0.2, -0.15) is 0 Å². The quantitative estimate of drug-likeness (QED) is 0.527. The van der Waals surface area contributed by atoms with E-state index >= 15 is 0 Å². The van der Waals surface area contributed by atoms with Crippen molar-refractivity contribution in [2.75, 3.05) is 13.1 Å². The summed E-state index contributed by atoms with van der Waals surface area (Å²) in [6, 6.07) is 0. The number of aliphatic hydroxyl groups is 1. The van der Waals surface area contributed by atoms with Gasteiger partial charge >= 0.3 is 0 Å². The molecule has 9 heavy (non-hydrogen) atoms. The summed E-state index contributed by atoms with van der Waals surface area (Å²) in [5.74, 6) is 0. The van der Waals surface area contributed by atoms with Gasteiger partial charge in [-0.3, -0.25) is 0 Å². The zero-order chi connectivity index (χ0) is 6.04. The highest BCUT2D eigenvalue weighted by atomic mass is 35.5. The van der Waals surface area contributed by atoms with E-state index in [2.05, 4.69) is 11.9 Å². The van der Waals surface area contributed by atoms with Crippen molar-refractivity contribution in [2.24, 2.45) is 0 Å². The van der Waals surface area contributed by atoms with Crippen LogP contribution in [0.4, 0.5) is 0 Å². The first-order chi connectivity index (χ1) is 3.77. The standard InChI is InChI=1S/C6H11NO.ClH/c1-2-6(8)3-4-7-5-6;/h2,7-8H,1,3-5H2;1H. The molecule has 1 rings (SSSR count). The molecule has 1 aliphatic heterocycles. The van der Waals surface area contributed by atoms with Crippen molar-refractivity contribution in [3.8, 4) is 0 Å². The smallest absolute Gasteiger partial charge is 0.0960 e. The van der Waals surface area contributed by atoms with Crippen molar-refractivity contribution < 1.29 is 5.11 Å². The third-order valence-corrected chi connectivity index (χ3v) is 1.55. The molecule has 0 aromatic heterocycles. The first-order valence-corrected chi connectivity index (χ1v) is 2.83. The normalized spacial score (nSPS) is 33.4. The minimum atomic E-state index is -0.611. The Kier molecular flexibility index (Phi) is 3.18. The number of halogens is 1. The Bertz CT molecular complexity index is 99.2. The van der Waals surface area contributed by atoms with E-state index in [0.717, 1.165) is 13.0 Å². The fraction of sp³-hybridized carbons (Fsp3) is 0.667. The first-order valence-electron chi connectivity index (χ1n) is 2.83. The molecule has 2 N–H and O–H groups in total. The molecule has 0 saturated carbocycles. The Hall–Kier alpha value is -0.0500. The number of rotatable bonds is 1. The van der Waals surface area contributed by atoms with Crippen molar-refractivity contribution in [3.05, 3.63) is 12.7 Å². The second kappa shape index (κ2) is 3.20. The lowest BCUT2D eigenvalue weighted by atomic mass is 10.1. The molecule has 1 heterocycles. The maximum Gasteiger partial charge on any atom is 0.0960 e. The molecule has 1 saturated heterocycles. The molecule has 54 valence electrons. The van der Waals surface area contributed by atoms with Crippen LogP contribution >= 0.6 is 12.4 Å².